The molecule has 0 amide bonds. The van der Waals surface area contributed by atoms with Crippen LogP contribution >= 0.6 is 0 Å². The van der Waals surface area contributed by atoms with Gasteiger partial charge in [-0.25, -0.2) is 0 Å². The van der Waals surface area contributed by atoms with Crippen LogP contribution in [0.2, 0.25) is 0 Å². The van der Waals surface area contributed by atoms with Crippen LogP contribution in [-0.2, 0) is 3.83 Å². The van der Waals surface area contributed by atoms with Crippen molar-refractivity contribution in [1.29, 1.82) is 0 Å². The van der Waals surface area contributed by atoms with Gasteiger partial charge in [-0.1, -0.05) is 0 Å². The molecule has 1 unspecified atom stereocenters. The maximum atomic E-state index is 12.6. The maximum absolute atomic E-state index is 12.6. The van der Waals surface area contributed by atoms with Crippen molar-refractivity contribution < 1.29 is 8.63 Å². The number of hydrogen-bond acceptors (Lipinski definition) is 4. The molecule has 22 heavy (non-hydrogen) atoms. The second-order valence-corrected chi connectivity index (χ2v) is 7.57. The van der Waals surface area contributed by atoms with E-state index in [1.54, 1.807) is 24.4 Å². The van der Waals surface area contributed by atoms with Gasteiger partial charge in [-0.05, 0) is 0 Å². The van der Waals surface area contributed by atoms with E-state index in [4.69, 9.17) is 0 Å². The molecule has 2 heterocycles. The van der Waals surface area contributed by atoms with E-state index >= 15 is 0 Å². The molecule has 1 aromatic heterocycles. The molecule has 0 saturated heterocycles. The molecule has 0 fully saturated rings. The zero-order chi connectivity index (χ0) is 15.1. The molecule has 1 aliphatic rings. The van der Waals surface area contributed by atoms with Gasteiger partial charge in [-0.2, -0.15) is 0 Å². The summed E-state index contributed by atoms with van der Waals surface area (Å²) in [4.78, 5) is 21.0. The first kappa shape index (κ1) is 13.2. The van der Waals surface area contributed by atoms with Crippen molar-refractivity contribution in [2.45, 2.75) is 0 Å². The molecule has 0 bridgehead atoms. The van der Waals surface area contributed by atoms with Gasteiger partial charge >= 0.3 is 130 Å². The van der Waals surface area contributed by atoms with E-state index in [9.17, 15) is 8.63 Å². The van der Waals surface area contributed by atoms with E-state index in [-0.39, 0.29) is 5.78 Å². The molecule has 1 atom stereocenters. The zero-order valence-corrected chi connectivity index (χ0v) is 13.1. The van der Waals surface area contributed by atoms with Crippen LogP contribution in [0.25, 0.3) is 10.9 Å². The van der Waals surface area contributed by atoms with Crippen LogP contribution in [0.1, 0.15) is 15.9 Å². The minimum absolute atomic E-state index is 0.119. The van der Waals surface area contributed by atoms with Gasteiger partial charge in [0.25, 0.3) is 0 Å². The monoisotopic (exact) mass is 354 g/mol. The Labute approximate surface area is 130 Å². The van der Waals surface area contributed by atoms with Gasteiger partial charge in [0, 0.05) is 0 Å². The quantitative estimate of drug-likeness (QED) is 0.525. The van der Waals surface area contributed by atoms with Gasteiger partial charge in [0.1, 0.15) is 0 Å². The van der Waals surface area contributed by atoms with Crippen LogP contribution in [-0.4, -0.2) is 29.7 Å². The van der Waals surface area contributed by atoms with Crippen molar-refractivity contribution in [3.05, 3.63) is 65.9 Å². The summed E-state index contributed by atoms with van der Waals surface area (Å²) in [5.41, 5.74) is 2.60. The molecule has 0 aliphatic carbocycles. The molecule has 0 N–H and O–H groups in total. The van der Waals surface area contributed by atoms with Crippen molar-refractivity contribution in [3.8, 4) is 0 Å². The molecular formula is C17H10N2O2Se. The fourth-order valence-corrected chi connectivity index (χ4v) is 4.32. The summed E-state index contributed by atoms with van der Waals surface area (Å²) in [6.45, 7) is 0. The van der Waals surface area contributed by atoms with Crippen molar-refractivity contribution in [1.82, 2.24) is 4.98 Å². The Balaban J connectivity index is 1.77. The Hall–Kier alpha value is -2.49. The molecule has 0 saturated carbocycles. The Morgan fingerprint density at radius 2 is 1.86 bits per heavy atom. The number of carbonyl (C=O) groups excluding carboxylic acids is 1. The Bertz CT molecular complexity index is 979. The van der Waals surface area contributed by atoms with Gasteiger partial charge < -0.3 is 0 Å². The average Bonchev–Trinajstić information content (AvgIpc) is 2.94. The number of para-hydroxylation sites is 1. The SMILES string of the molecule is O=C(c1ccc2c(c1)[Se](=O)C=N2)c1cnc2ccccc2c1. The number of ketones is 1. The number of fused-ring (bicyclic) bond motifs is 2. The number of carbonyl (C=O) groups is 1. The topological polar surface area (TPSA) is 59.4 Å². The fraction of sp³-hybridized carbons (Fsp3) is 0. The first-order valence-corrected chi connectivity index (χ1v) is 9.25. The third-order valence-electron chi connectivity index (χ3n) is 3.58. The van der Waals surface area contributed by atoms with Crippen molar-refractivity contribution >= 4 is 45.8 Å². The number of pyridine rings is 1. The third-order valence-corrected chi connectivity index (χ3v) is 5.80. The summed E-state index contributed by atoms with van der Waals surface area (Å²) in [7, 11) is 0. The molecule has 3 aromatic rings. The van der Waals surface area contributed by atoms with E-state index in [0.29, 0.717) is 21.3 Å². The van der Waals surface area contributed by atoms with Crippen LogP contribution in [0, 0.1) is 0 Å². The van der Waals surface area contributed by atoms with Gasteiger partial charge in [-0.3, -0.25) is 0 Å². The van der Waals surface area contributed by atoms with E-state index in [1.807, 2.05) is 30.3 Å². The zero-order valence-electron chi connectivity index (χ0n) is 11.4. The number of aromatic nitrogens is 1. The summed E-state index contributed by atoms with van der Waals surface area (Å²) < 4.78 is 12.6. The molecule has 4 rings (SSSR count). The van der Waals surface area contributed by atoms with Gasteiger partial charge in [0.15, 0.2) is 0 Å². The van der Waals surface area contributed by atoms with E-state index in [1.165, 1.54) is 5.11 Å². The molecule has 106 valence electrons. The molecule has 0 radical (unpaired) electrons. The first-order valence-electron chi connectivity index (χ1n) is 6.71. The molecule has 0 spiro atoms. The number of aliphatic imine (C=N–C) groups is 1. The Morgan fingerprint density at radius 3 is 2.77 bits per heavy atom. The van der Waals surface area contributed by atoms with Crippen LogP contribution in [0.3, 0.4) is 0 Å². The number of hydrogen-bond donors (Lipinski definition) is 0. The predicted octanol–water partition coefficient (Wildman–Crippen LogP) is 2.35. The van der Waals surface area contributed by atoms with Gasteiger partial charge in [-0.15, -0.1) is 0 Å². The molecule has 4 nitrogen and oxygen atoms in total. The standard InChI is InChI=1S/C17H10N2O2Se/c20-17(12-5-6-15-16(8-12)22(21)10-19-15)13-7-11-3-1-2-4-14(11)18-9-13/h1-10H. The molecule has 1 aliphatic heterocycles. The van der Waals surface area contributed by atoms with Crippen LogP contribution in [0.4, 0.5) is 5.69 Å². The second kappa shape index (κ2) is 5.05. The summed E-state index contributed by atoms with van der Waals surface area (Å²) in [6, 6.07) is 14.6. The van der Waals surface area contributed by atoms with Crippen LogP contribution < -0.4 is 4.46 Å². The van der Waals surface area contributed by atoms with Gasteiger partial charge in [0.05, 0.1) is 0 Å². The van der Waals surface area contributed by atoms with E-state index < -0.39 is 13.8 Å². The van der Waals surface area contributed by atoms with Crippen molar-refractivity contribution in [2.24, 2.45) is 4.99 Å². The summed E-state index contributed by atoms with van der Waals surface area (Å²) in [5.74, 6) is -0.119. The van der Waals surface area contributed by atoms with Gasteiger partial charge in [0.2, 0.25) is 0 Å². The number of rotatable bonds is 2. The summed E-state index contributed by atoms with van der Waals surface area (Å²) in [6.07, 6.45) is 1.58. The Kier molecular flexibility index (Phi) is 3.03. The average molecular weight is 353 g/mol. The van der Waals surface area contributed by atoms with E-state index in [2.05, 4.69) is 9.98 Å². The molecule has 5 heteroatoms. The first-order chi connectivity index (χ1) is 10.7. The number of benzene rings is 2. The van der Waals surface area contributed by atoms with Crippen LogP contribution in [0.15, 0.2) is 59.7 Å². The van der Waals surface area contributed by atoms with Crippen molar-refractivity contribution in [2.75, 3.05) is 0 Å². The molecule has 2 aromatic carbocycles. The summed E-state index contributed by atoms with van der Waals surface area (Å²) >= 11 is -2.22. The third kappa shape index (κ3) is 2.11. The van der Waals surface area contributed by atoms with Crippen molar-refractivity contribution in [3.63, 3.8) is 0 Å². The molecular weight excluding hydrogens is 343 g/mol. The second-order valence-electron chi connectivity index (χ2n) is 4.96. The normalized spacial score (nSPS) is 15.9. The summed E-state index contributed by atoms with van der Waals surface area (Å²) in [5, 5.41) is 2.41. The predicted molar refractivity (Wildman–Crippen MR) is 85.8 cm³/mol. The Morgan fingerprint density at radius 1 is 1.00 bits per heavy atom. The van der Waals surface area contributed by atoms with E-state index in [0.717, 1.165) is 10.9 Å². The van der Waals surface area contributed by atoms with Crippen LogP contribution in [0.5, 0.6) is 0 Å². The number of nitrogens with zero attached hydrogens (tertiary/aromatic N) is 2. The fourth-order valence-electron chi connectivity index (χ4n) is 2.45. The minimum atomic E-state index is -2.22.